The molecule has 0 saturated carbocycles. The van der Waals surface area contributed by atoms with E-state index < -0.39 is 11.4 Å². The number of ether oxygens (including phenoxy) is 1. The van der Waals surface area contributed by atoms with Crippen molar-refractivity contribution in [3.05, 3.63) is 28.2 Å². The Kier molecular flexibility index (Phi) is 4.94. The van der Waals surface area contributed by atoms with Crippen LogP contribution in [0.25, 0.3) is 0 Å². The largest absolute Gasteiger partial charge is 0.496 e. The molecule has 0 bridgehead atoms. The number of hydrogen-bond donors (Lipinski definition) is 2. The number of nitrogens with one attached hydrogen (secondary N) is 1. The topological polar surface area (TPSA) is 81.4 Å². The molecule has 0 atom stereocenters. The van der Waals surface area contributed by atoms with Crippen molar-refractivity contribution in [3.63, 3.8) is 0 Å². The molecular formula is C13H17BrN2O3. The van der Waals surface area contributed by atoms with Gasteiger partial charge in [-0.1, -0.05) is 0 Å². The first kappa shape index (κ1) is 15.5. The van der Waals surface area contributed by atoms with E-state index in [2.05, 4.69) is 21.2 Å². The Bertz CT molecular complexity index is 501. The number of methoxy groups -OCH3 is 1. The number of halogens is 1. The SMILES string of the molecule is COc1ccc(C(=O)NC(C)(C)CC(N)=O)cc1Br. The number of rotatable bonds is 5. The van der Waals surface area contributed by atoms with Gasteiger partial charge in [0.1, 0.15) is 5.75 Å². The first-order valence-electron chi connectivity index (χ1n) is 5.69. The predicted octanol–water partition coefficient (Wildman–Crippen LogP) is 1.84. The van der Waals surface area contributed by atoms with E-state index in [-0.39, 0.29) is 12.3 Å². The zero-order valence-corrected chi connectivity index (χ0v) is 12.7. The lowest BCUT2D eigenvalue weighted by Crippen LogP contribution is -2.46. The van der Waals surface area contributed by atoms with Crippen molar-refractivity contribution in [2.45, 2.75) is 25.8 Å². The van der Waals surface area contributed by atoms with Gasteiger partial charge < -0.3 is 15.8 Å². The summed E-state index contributed by atoms with van der Waals surface area (Å²) in [5.74, 6) is -0.0799. The second-order valence-electron chi connectivity index (χ2n) is 4.83. The van der Waals surface area contributed by atoms with Gasteiger partial charge in [-0.3, -0.25) is 9.59 Å². The summed E-state index contributed by atoms with van der Waals surface area (Å²) >= 11 is 3.32. The van der Waals surface area contributed by atoms with Crippen LogP contribution in [0.3, 0.4) is 0 Å². The monoisotopic (exact) mass is 328 g/mol. The third-order valence-electron chi connectivity index (χ3n) is 2.48. The summed E-state index contributed by atoms with van der Waals surface area (Å²) in [5, 5.41) is 2.77. The Hall–Kier alpha value is -1.56. The lowest BCUT2D eigenvalue weighted by atomic mass is 9.99. The first-order chi connectivity index (χ1) is 8.75. The molecule has 0 aliphatic heterocycles. The zero-order chi connectivity index (χ0) is 14.6. The van der Waals surface area contributed by atoms with Crippen LogP contribution in [0.2, 0.25) is 0 Å². The minimum atomic E-state index is -0.685. The molecular weight excluding hydrogens is 312 g/mol. The van der Waals surface area contributed by atoms with Crippen LogP contribution < -0.4 is 15.8 Å². The molecule has 0 aromatic heterocycles. The Morgan fingerprint density at radius 3 is 2.53 bits per heavy atom. The van der Waals surface area contributed by atoms with Crippen LogP contribution in [0.1, 0.15) is 30.6 Å². The van der Waals surface area contributed by atoms with E-state index in [1.807, 2.05) is 0 Å². The number of benzene rings is 1. The van der Waals surface area contributed by atoms with Crippen molar-refractivity contribution in [3.8, 4) is 5.75 Å². The minimum Gasteiger partial charge on any atom is -0.496 e. The maximum atomic E-state index is 12.1. The minimum absolute atomic E-state index is 0.0794. The summed E-state index contributed by atoms with van der Waals surface area (Å²) in [6.45, 7) is 3.49. The molecule has 1 rings (SSSR count). The Morgan fingerprint density at radius 2 is 2.05 bits per heavy atom. The standard InChI is InChI=1S/C13H17BrN2O3/c1-13(2,7-11(15)17)16-12(18)8-4-5-10(19-3)9(14)6-8/h4-6H,7H2,1-3H3,(H2,15,17)(H,16,18). The first-order valence-corrected chi connectivity index (χ1v) is 6.49. The fourth-order valence-corrected chi connectivity index (χ4v) is 2.21. The number of carbonyl (C=O) groups is 2. The Morgan fingerprint density at radius 1 is 1.42 bits per heavy atom. The van der Waals surface area contributed by atoms with Crippen LogP contribution in [0.4, 0.5) is 0 Å². The smallest absolute Gasteiger partial charge is 0.251 e. The van der Waals surface area contributed by atoms with Gasteiger partial charge in [0.25, 0.3) is 5.91 Å². The lowest BCUT2D eigenvalue weighted by Gasteiger charge is -2.24. The third kappa shape index (κ3) is 4.55. The normalized spacial score (nSPS) is 10.9. The van der Waals surface area contributed by atoms with Crippen LogP contribution in [-0.4, -0.2) is 24.5 Å². The molecule has 19 heavy (non-hydrogen) atoms. The molecule has 0 unspecified atom stereocenters. The second kappa shape index (κ2) is 6.06. The average molecular weight is 329 g/mol. The van der Waals surface area contributed by atoms with E-state index >= 15 is 0 Å². The summed E-state index contributed by atoms with van der Waals surface area (Å²) in [6, 6.07) is 5.01. The fraction of sp³-hybridized carbons (Fsp3) is 0.385. The van der Waals surface area contributed by atoms with E-state index in [4.69, 9.17) is 10.5 Å². The quantitative estimate of drug-likeness (QED) is 0.865. The highest BCUT2D eigenvalue weighted by atomic mass is 79.9. The van der Waals surface area contributed by atoms with Crippen LogP contribution in [0.15, 0.2) is 22.7 Å². The molecule has 1 aromatic rings. The van der Waals surface area contributed by atoms with Gasteiger partial charge >= 0.3 is 0 Å². The van der Waals surface area contributed by atoms with Crippen LogP contribution in [0.5, 0.6) is 5.75 Å². The third-order valence-corrected chi connectivity index (χ3v) is 3.10. The van der Waals surface area contributed by atoms with Crippen LogP contribution in [0, 0.1) is 0 Å². The Labute approximate surface area is 120 Å². The fourth-order valence-electron chi connectivity index (χ4n) is 1.67. The van der Waals surface area contributed by atoms with Crippen molar-refractivity contribution >= 4 is 27.7 Å². The summed E-state index contributed by atoms with van der Waals surface area (Å²) < 4.78 is 5.78. The molecule has 0 heterocycles. The molecule has 0 aliphatic carbocycles. The van der Waals surface area contributed by atoms with E-state index in [0.717, 1.165) is 0 Å². The maximum absolute atomic E-state index is 12.1. The molecule has 0 radical (unpaired) electrons. The van der Waals surface area contributed by atoms with Crippen molar-refractivity contribution in [1.82, 2.24) is 5.32 Å². The number of carbonyl (C=O) groups excluding carboxylic acids is 2. The van der Waals surface area contributed by atoms with Gasteiger partial charge in [-0.2, -0.15) is 0 Å². The van der Waals surface area contributed by atoms with Gasteiger partial charge in [0.2, 0.25) is 5.91 Å². The molecule has 0 aliphatic rings. The predicted molar refractivity (Wildman–Crippen MR) is 76.1 cm³/mol. The van der Waals surface area contributed by atoms with E-state index in [1.165, 1.54) is 0 Å². The second-order valence-corrected chi connectivity index (χ2v) is 5.68. The molecule has 104 valence electrons. The average Bonchev–Trinajstić information content (AvgIpc) is 2.26. The van der Waals surface area contributed by atoms with Crippen LogP contribution >= 0.6 is 15.9 Å². The lowest BCUT2D eigenvalue weighted by molar-refractivity contribution is -0.119. The van der Waals surface area contributed by atoms with Gasteiger partial charge in [0.05, 0.1) is 11.6 Å². The van der Waals surface area contributed by atoms with Gasteiger partial charge in [0, 0.05) is 17.5 Å². The number of amides is 2. The summed E-state index contributed by atoms with van der Waals surface area (Å²) in [6.07, 6.45) is 0.0794. The highest BCUT2D eigenvalue weighted by Gasteiger charge is 2.23. The number of nitrogens with two attached hydrogens (primary N) is 1. The van der Waals surface area contributed by atoms with Gasteiger partial charge in [-0.15, -0.1) is 0 Å². The van der Waals surface area contributed by atoms with Gasteiger partial charge in [-0.05, 0) is 48.0 Å². The van der Waals surface area contributed by atoms with Crippen molar-refractivity contribution in [1.29, 1.82) is 0 Å². The van der Waals surface area contributed by atoms with Crippen LogP contribution in [-0.2, 0) is 4.79 Å². The molecule has 0 fully saturated rings. The molecule has 6 heteroatoms. The molecule has 0 spiro atoms. The zero-order valence-electron chi connectivity index (χ0n) is 11.1. The number of primary amides is 1. The molecule has 1 aromatic carbocycles. The van der Waals surface area contributed by atoms with E-state index in [9.17, 15) is 9.59 Å². The van der Waals surface area contributed by atoms with Crippen molar-refractivity contribution in [2.75, 3.05) is 7.11 Å². The molecule has 0 saturated heterocycles. The van der Waals surface area contributed by atoms with Crippen molar-refractivity contribution in [2.24, 2.45) is 5.73 Å². The highest BCUT2D eigenvalue weighted by Crippen LogP contribution is 2.25. The van der Waals surface area contributed by atoms with E-state index in [1.54, 1.807) is 39.2 Å². The Balaban J connectivity index is 2.84. The maximum Gasteiger partial charge on any atom is 0.251 e. The molecule has 3 N–H and O–H groups in total. The number of hydrogen-bond acceptors (Lipinski definition) is 3. The van der Waals surface area contributed by atoms with E-state index in [0.29, 0.717) is 15.8 Å². The molecule has 5 nitrogen and oxygen atoms in total. The van der Waals surface area contributed by atoms with Gasteiger partial charge in [-0.25, -0.2) is 0 Å². The van der Waals surface area contributed by atoms with Crippen molar-refractivity contribution < 1.29 is 14.3 Å². The summed E-state index contributed by atoms with van der Waals surface area (Å²) in [4.78, 5) is 23.0. The summed E-state index contributed by atoms with van der Waals surface area (Å²) in [7, 11) is 1.55. The molecule has 2 amide bonds. The summed E-state index contributed by atoms with van der Waals surface area (Å²) in [5.41, 5.74) is 4.93. The van der Waals surface area contributed by atoms with Gasteiger partial charge in [0.15, 0.2) is 0 Å². The highest BCUT2D eigenvalue weighted by molar-refractivity contribution is 9.10.